The fraction of sp³-hybridized carbons (Fsp3) is 0.810. The van der Waals surface area contributed by atoms with Crippen LogP contribution in [0.15, 0.2) is 11.6 Å². The molecule has 0 saturated heterocycles. The van der Waals surface area contributed by atoms with Crippen LogP contribution in [-0.2, 0) is 9.59 Å². The van der Waals surface area contributed by atoms with Crippen LogP contribution in [0.1, 0.15) is 65.2 Å². The number of carbonyl (C=O) groups is 2. The molecule has 3 fully saturated rings. The normalized spacial score (nSPS) is 49.0. The second kappa shape index (κ2) is 5.76. The quantitative estimate of drug-likeness (QED) is 0.695. The Hall–Kier alpha value is -0.480. The van der Waals surface area contributed by atoms with Gasteiger partial charge in [-0.25, -0.2) is 0 Å². The van der Waals surface area contributed by atoms with Crippen molar-refractivity contribution in [2.75, 3.05) is 5.33 Å². The second-order valence-electron chi connectivity index (χ2n) is 9.38. The molecule has 0 bridgehead atoms. The lowest BCUT2D eigenvalue weighted by Gasteiger charge is -2.58. The van der Waals surface area contributed by atoms with Crippen LogP contribution in [0.5, 0.6) is 0 Å². The molecule has 0 aromatic heterocycles. The van der Waals surface area contributed by atoms with E-state index < -0.39 is 5.60 Å². The van der Waals surface area contributed by atoms with E-state index in [0.717, 1.165) is 38.5 Å². The zero-order chi connectivity index (χ0) is 18.0. The molecular weight excluding hydrogens is 380 g/mol. The molecule has 4 aliphatic carbocycles. The summed E-state index contributed by atoms with van der Waals surface area (Å²) in [5, 5.41) is 11.5. The number of hydrogen-bond donors (Lipinski definition) is 1. The van der Waals surface area contributed by atoms with E-state index in [9.17, 15) is 14.7 Å². The molecule has 3 saturated carbocycles. The van der Waals surface area contributed by atoms with E-state index in [4.69, 9.17) is 0 Å². The number of ketones is 2. The summed E-state index contributed by atoms with van der Waals surface area (Å²) in [7, 11) is 0. The highest BCUT2D eigenvalue weighted by atomic mass is 79.9. The molecule has 0 amide bonds. The number of rotatable bonds is 2. The van der Waals surface area contributed by atoms with Gasteiger partial charge >= 0.3 is 0 Å². The lowest BCUT2D eigenvalue weighted by molar-refractivity contribution is -0.159. The molecule has 0 spiro atoms. The summed E-state index contributed by atoms with van der Waals surface area (Å²) in [6.45, 7) is 4.54. The SMILES string of the molecule is C[C@]12CCC(=O)C=C1CC[C@H]1[C@H]3CC[C@](O)(C(=O)CBr)[C@@]3(C)CC[C@@H]12. The van der Waals surface area contributed by atoms with Gasteiger partial charge in [-0.2, -0.15) is 0 Å². The molecule has 0 aromatic rings. The van der Waals surface area contributed by atoms with Gasteiger partial charge in [0.25, 0.3) is 0 Å². The molecule has 138 valence electrons. The van der Waals surface area contributed by atoms with Crippen molar-refractivity contribution in [2.24, 2.45) is 28.6 Å². The number of fused-ring (bicyclic) bond motifs is 5. The van der Waals surface area contributed by atoms with Crippen molar-refractivity contribution in [3.05, 3.63) is 11.6 Å². The number of carbonyl (C=O) groups excluding carboxylic acids is 2. The molecule has 6 atom stereocenters. The Bertz CT molecular complexity index is 656. The molecule has 0 aromatic carbocycles. The third-order valence-electron chi connectivity index (χ3n) is 8.70. The Kier molecular flexibility index (Phi) is 4.12. The second-order valence-corrected chi connectivity index (χ2v) is 9.94. The number of halogens is 1. The minimum Gasteiger partial charge on any atom is -0.381 e. The maximum absolute atomic E-state index is 12.5. The minimum absolute atomic E-state index is 0.0400. The van der Waals surface area contributed by atoms with E-state index in [-0.39, 0.29) is 21.9 Å². The Morgan fingerprint density at radius 2 is 1.88 bits per heavy atom. The third-order valence-corrected chi connectivity index (χ3v) is 9.21. The van der Waals surface area contributed by atoms with Crippen molar-refractivity contribution < 1.29 is 14.7 Å². The van der Waals surface area contributed by atoms with Gasteiger partial charge in [-0.15, -0.1) is 0 Å². The van der Waals surface area contributed by atoms with Gasteiger partial charge in [-0.3, -0.25) is 9.59 Å². The minimum atomic E-state index is -1.16. The van der Waals surface area contributed by atoms with Crippen LogP contribution in [-0.4, -0.2) is 27.6 Å². The summed E-state index contributed by atoms with van der Waals surface area (Å²) >= 11 is 3.28. The number of Topliss-reactive ketones (excluding diaryl/α,β-unsaturated/α-hetero) is 1. The summed E-state index contributed by atoms with van der Waals surface area (Å²) in [6.07, 6.45) is 9.28. The topological polar surface area (TPSA) is 54.4 Å². The third kappa shape index (κ3) is 2.25. The highest BCUT2D eigenvalue weighted by molar-refractivity contribution is 9.09. The van der Waals surface area contributed by atoms with Gasteiger partial charge in [0.15, 0.2) is 11.6 Å². The van der Waals surface area contributed by atoms with Crippen LogP contribution in [0, 0.1) is 28.6 Å². The first-order valence-corrected chi connectivity index (χ1v) is 10.9. The van der Waals surface area contributed by atoms with Gasteiger partial charge in [0.2, 0.25) is 0 Å². The first-order chi connectivity index (χ1) is 11.8. The van der Waals surface area contributed by atoms with Crippen LogP contribution < -0.4 is 0 Å². The van der Waals surface area contributed by atoms with Gasteiger partial charge in [-0.05, 0) is 74.2 Å². The average Bonchev–Trinajstić information content (AvgIpc) is 2.87. The number of alkyl halides is 1. The van der Waals surface area contributed by atoms with Crippen molar-refractivity contribution in [3.8, 4) is 0 Å². The summed E-state index contributed by atoms with van der Waals surface area (Å²) in [5.74, 6) is 1.85. The molecule has 0 radical (unpaired) electrons. The van der Waals surface area contributed by atoms with Gasteiger partial charge in [0, 0.05) is 11.8 Å². The average molecular weight is 409 g/mol. The number of hydrogen-bond acceptors (Lipinski definition) is 3. The summed E-state index contributed by atoms with van der Waals surface area (Å²) in [6, 6.07) is 0. The Balaban J connectivity index is 1.68. The smallest absolute Gasteiger partial charge is 0.175 e. The maximum atomic E-state index is 12.5. The van der Waals surface area contributed by atoms with Gasteiger partial charge in [0.1, 0.15) is 5.60 Å². The van der Waals surface area contributed by atoms with Crippen molar-refractivity contribution in [3.63, 3.8) is 0 Å². The van der Waals surface area contributed by atoms with E-state index in [1.807, 2.05) is 6.08 Å². The molecule has 0 heterocycles. The number of allylic oxidation sites excluding steroid dienone is 1. The Morgan fingerprint density at radius 1 is 1.16 bits per heavy atom. The predicted octanol–water partition coefficient (Wildman–Crippen LogP) is 4.21. The standard InChI is InChI=1S/C21H29BrO3/c1-19-8-5-14(23)11-13(19)3-4-15-16(19)6-9-20(2)17(15)7-10-21(20,25)18(24)12-22/h11,15-17,25H,3-10,12H2,1-2H3/t15-,16+,17-,19+,20+,21+/m1/s1. The van der Waals surface area contributed by atoms with Crippen LogP contribution in [0.3, 0.4) is 0 Å². The van der Waals surface area contributed by atoms with Gasteiger partial charge < -0.3 is 5.11 Å². The molecular formula is C21H29BrO3. The number of aliphatic hydroxyl groups is 1. The van der Waals surface area contributed by atoms with Crippen molar-refractivity contribution in [2.45, 2.75) is 70.8 Å². The predicted molar refractivity (Wildman–Crippen MR) is 100 cm³/mol. The molecule has 0 unspecified atom stereocenters. The molecule has 1 N–H and O–H groups in total. The summed E-state index contributed by atoms with van der Waals surface area (Å²) < 4.78 is 0. The van der Waals surface area contributed by atoms with Gasteiger partial charge in [-0.1, -0.05) is 35.4 Å². The highest BCUT2D eigenvalue weighted by Gasteiger charge is 2.65. The molecule has 0 aliphatic heterocycles. The van der Waals surface area contributed by atoms with E-state index in [1.165, 1.54) is 5.57 Å². The molecule has 4 aliphatic rings. The van der Waals surface area contributed by atoms with Crippen LogP contribution in [0.4, 0.5) is 0 Å². The van der Waals surface area contributed by atoms with Gasteiger partial charge in [0.05, 0.1) is 5.33 Å². The summed E-state index contributed by atoms with van der Waals surface area (Å²) in [5.41, 5.74) is 0.0730. The van der Waals surface area contributed by atoms with E-state index in [1.54, 1.807) is 0 Å². The highest BCUT2D eigenvalue weighted by Crippen LogP contribution is 2.67. The Labute approximate surface area is 158 Å². The van der Waals surface area contributed by atoms with Crippen molar-refractivity contribution in [1.29, 1.82) is 0 Å². The molecule has 25 heavy (non-hydrogen) atoms. The zero-order valence-corrected chi connectivity index (χ0v) is 16.9. The fourth-order valence-electron chi connectivity index (χ4n) is 7.14. The first kappa shape index (κ1) is 17.9. The monoisotopic (exact) mass is 408 g/mol. The molecule has 4 heteroatoms. The molecule has 4 rings (SSSR count). The fourth-order valence-corrected chi connectivity index (χ4v) is 7.61. The Morgan fingerprint density at radius 3 is 2.60 bits per heavy atom. The largest absolute Gasteiger partial charge is 0.381 e. The zero-order valence-electron chi connectivity index (χ0n) is 15.3. The first-order valence-electron chi connectivity index (χ1n) is 9.82. The van der Waals surface area contributed by atoms with Crippen molar-refractivity contribution in [1.82, 2.24) is 0 Å². The lowest BCUT2D eigenvalue weighted by Crippen LogP contribution is -2.57. The van der Waals surface area contributed by atoms with Crippen molar-refractivity contribution >= 4 is 27.5 Å². The van der Waals surface area contributed by atoms with Crippen LogP contribution in [0.25, 0.3) is 0 Å². The maximum Gasteiger partial charge on any atom is 0.175 e. The van der Waals surface area contributed by atoms with Crippen LogP contribution >= 0.6 is 15.9 Å². The van der Waals surface area contributed by atoms with E-state index in [2.05, 4.69) is 29.8 Å². The van der Waals surface area contributed by atoms with Crippen LogP contribution in [0.2, 0.25) is 0 Å². The summed E-state index contributed by atoms with van der Waals surface area (Å²) in [4.78, 5) is 24.4. The van der Waals surface area contributed by atoms with E-state index in [0.29, 0.717) is 36.4 Å². The lowest BCUT2D eigenvalue weighted by atomic mass is 9.46. The van der Waals surface area contributed by atoms with E-state index >= 15 is 0 Å². The molecule has 3 nitrogen and oxygen atoms in total.